The van der Waals surface area contributed by atoms with Gasteiger partial charge in [-0.05, 0) is 91.8 Å². The number of allylic oxidation sites excluding steroid dienone is 1. The summed E-state index contributed by atoms with van der Waals surface area (Å²) >= 11 is 0. The maximum absolute atomic E-state index is 11.8. The summed E-state index contributed by atoms with van der Waals surface area (Å²) < 4.78 is 17.8. The Morgan fingerprint density at radius 1 is 1.05 bits per heavy atom. The van der Waals surface area contributed by atoms with Gasteiger partial charge < -0.3 is 44.8 Å². The molecule has 42 heavy (non-hydrogen) atoms. The number of ether oxygens (including phenoxy) is 3. The summed E-state index contributed by atoms with van der Waals surface area (Å²) in [7, 11) is 0. The van der Waals surface area contributed by atoms with E-state index in [1.807, 2.05) is 6.92 Å². The molecule has 9 nitrogen and oxygen atoms in total. The van der Waals surface area contributed by atoms with E-state index in [2.05, 4.69) is 26.8 Å². The first-order valence-corrected chi connectivity index (χ1v) is 16.5. The van der Waals surface area contributed by atoms with Crippen LogP contribution in [-0.2, 0) is 14.2 Å². The van der Waals surface area contributed by atoms with Gasteiger partial charge in [-0.25, -0.2) is 0 Å². The van der Waals surface area contributed by atoms with E-state index in [0.29, 0.717) is 36.5 Å². The van der Waals surface area contributed by atoms with Crippen LogP contribution in [-0.4, -0.2) is 92.6 Å². The zero-order valence-electron chi connectivity index (χ0n) is 25.8. The Hall–Kier alpha value is -0.620. The summed E-state index contributed by atoms with van der Waals surface area (Å²) in [5.74, 6) is 1.06. The highest BCUT2D eigenvalue weighted by molar-refractivity contribution is 5.26. The third-order valence-corrected chi connectivity index (χ3v) is 13.2. The molecule has 2 aliphatic heterocycles. The SMILES string of the molecule is C[C@H](CC[C@@]1(O)O[C@H]2C[C@H]3[C@H]4CC=C5C[C@@H](O)CC[C@]5(C)[C@H]4CC[C@]3(C)[C@H]2[C@@H]1C)CO[C@@H]1O[C@H](CO)[C@@H](O)[C@H](O)[C@H]1O. The molecule has 6 rings (SSSR count). The quantitative estimate of drug-likeness (QED) is 0.245. The largest absolute Gasteiger partial charge is 0.394 e. The van der Waals surface area contributed by atoms with Crippen LogP contribution in [0.4, 0.5) is 0 Å². The number of aliphatic hydroxyl groups excluding tert-OH is 5. The lowest BCUT2D eigenvalue weighted by Crippen LogP contribution is -2.59. The lowest BCUT2D eigenvalue weighted by Gasteiger charge is -2.58. The molecule has 6 N–H and O–H groups in total. The summed E-state index contributed by atoms with van der Waals surface area (Å²) in [5.41, 5.74) is 1.85. The van der Waals surface area contributed by atoms with Crippen LogP contribution in [0.3, 0.4) is 0 Å². The molecular formula is C33H54O9. The van der Waals surface area contributed by atoms with Crippen molar-refractivity contribution in [1.82, 2.24) is 0 Å². The summed E-state index contributed by atoms with van der Waals surface area (Å²) in [6.07, 6.45) is 4.36. The third-order valence-electron chi connectivity index (χ3n) is 13.2. The van der Waals surface area contributed by atoms with Gasteiger partial charge in [0.2, 0.25) is 0 Å². The molecule has 240 valence electrons. The summed E-state index contributed by atoms with van der Waals surface area (Å²) in [5, 5.41) is 61.8. The molecule has 0 amide bonds. The van der Waals surface area contributed by atoms with Crippen LogP contribution in [0.2, 0.25) is 0 Å². The van der Waals surface area contributed by atoms with Crippen LogP contribution in [0.15, 0.2) is 11.6 Å². The molecule has 2 saturated heterocycles. The zero-order valence-corrected chi connectivity index (χ0v) is 25.8. The Balaban J connectivity index is 1.06. The fraction of sp³-hybridized carbons (Fsp3) is 0.939. The fourth-order valence-electron chi connectivity index (χ4n) is 10.6. The van der Waals surface area contributed by atoms with Gasteiger partial charge in [0, 0.05) is 12.3 Å². The Bertz CT molecular complexity index is 1020. The Kier molecular flexibility index (Phi) is 8.45. The average molecular weight is 595 g/mol. The monoisotopic (exact) mass is 594 g/mol. The lowest BCUT2D eigenvalue weighted by molar-refractivity contribution is -0.303. The molecule has 0 aromatic carbocycles. The highest BCUT2D eigenvalue weighted by Gasteiger charge is 2.67. The topological polar surface area (TPSA) is 149 Å². The lowest BCUT2D eigenvalue weighted by atomic mass is 9.47. The van der Waals surface area contributed by atoms with E-state index in [1.54, 1.807) is 0 Å². The first kappa shape index (κ1) is 31.4. The van der Waals surface area contributed by atoms with Gasteiger partial charge in [-0.15, -0.1) is 0 Å². The van der Waals surface area contributed by atoms with E-state index in [-0.39, 0.29) is 41.5 Å². The second-order valence-electron chi connectivity index (χ2n) is 15.4. The van der Waals surface area contributed by atoms with Crippen molar-refractivity contribution < 1.29 is 44.8 Å². The molecule has 0 unspecified atom stereocenters. The number of rotatable bonds is 7. The summed E-state index contributed by atoms with van der Waals surface area (Å²) in [4.78, 5) is 0. The van der Waals surface area contributed by atoms with Gasteiger partial charge in [-0.1, -0.05) is 39.3 Å². The predicted molar refractivity (Wildman–Crippen MR) is 154 cm³/mol. The summed E-state index contributed by atoms with van der Waals surface area (Å²) in [6, 6.07) is 0. The van der Waals surface area contributed by atoms with Crippen molar-refractivity contribution in [3.8, 4) is 0 Å². The first-order chi connectivity index (χ1) is 19.8. The number of hydrogen-bond donors (Lipinski definition) is 6. The van der Waals surface area contributed by atoms with Gasteiger partial charge in [0.05, 0.1) is 25.4 Å². The minimum Gasteiger partial charge on any atom is -0.394 e. The van der Waals surface area contributed by atoms with E-state index < -0.39 is 43.1 Å². The second kappa shape index (κ2) is 11.3. The van der Waals surface area contributed by atoms with Crippen LogP contribution in [0.25, 0.3) is 0 Å². The van der Waals surface area contributed by atoms with Crippen molar-refractivity contribution in [2.45, 2.75) is 134 Å². The van der Waals surface area contributed by atoms with Gasteiger partial charge in [0.15, 0.2) is 12.1 Å². The zero-order chi connectivity index (χ0) is 30.2. The average Bonchev–Trinajstić information content (AvgIpc) is 3.39. The number of hydrogen-bond acceptors (Lipinski definition) is 9. The molecule has 9 heteroatoms. The van der Waals surface area contributed by atoms with Gasteiger partial charge >= 0.3 is 0 Å². The van der Waals surface area contributed by atoms with Crippen molar-refractivity contribution in [2.24, 2.45) is 46.3 Å². The Morgan fingerprint density at radius 2 is 1.81 bits per heavy atom. The molecule has 4 aliphatic carbocycles. The highest BCUT2D eigenvalue weighted by atomic mass is 16.7. The molecule has 0 aromatic heterocycles. The molecule has 6 aliphatic rings. The molecule has 3 saturated carbocycles. The third kappa shape index (κ3) is 4.94. The maximum atomic E-state index is 11.8. The first-order valence-electron chi connectivity index (χ1n) is 16.5. The minimum absolute atomic E-state index is 0.0164. The number of aliphatic hydroxyl groups is 6. The molecule has 0 spiro atoms. The van der Waals surface area contributed by atoms with Gasteiger partial charge in [-0.2, -0.15) is 0 Å². The van der Waals surface area contributed by atoms with E-state index in [1.165, 1.54) is 18.4 Å². The molecular weight excluding hydrogens is 540 g/mol. The second-order valence-corrected chi connectivity index (χ2v) is 15.4. The van der Waals surface area contributed by atoms with Crippen LogP contribution in [0, 0.1) is 46.3 Å². The minimum atomic E-state index is -1.46. The fourth-order valence-corrected chi connectivity index (χ4v) is 10.6. The molecule has 2 heterocycles. The van der Waals surface area contributed by atoms with Crippen LogP contribution in [0.1, 0.15) is 85.5 Å². The Morgan fingerprint density at radius 3 is 2.55 bits per heavy atom. The van der Waals surface area contributed by atoms with Crippen LogP contribution in [0.5, 0.6) is 0 Å². The van der Waals surface area contributed by atoms with Gasteiger partial charge in [-0.3, -0.25) is 0 Å². The van der Waals surface area contributed by atoms with Gasteiger partial charge in [0.1, 0.15) is 24.4 Å². The van der Waals surface area contributed by atoms with Gasteiger partial charge in [0.25, 0.3) is 0 Å². The molecule has 0 aromatic rings. The van der Waals surface area contributed by atoms with E-state index in [9.17, 15) is 30.6 Å². The smallest absolute Gasteiger partial charge is 0.186 e. The molecule has 16 atom stereocenters. The van der Waals surface area contributed by atoms with E-state index in [0.717, 1.165) is 32.1 Å². The maximum Gasteiger partial charge on any atom is 0.186 e. The van der Waals surface area contributed by atoms with E-state index in [4.69, 9.17) is 14.2 Å². The molecule has 5 fully saturated rings. The van der Waals surface area contributed by atoms with Crippen molar-refractivity contribution in [3.05, 3.63) is 11.6 Å². The van der Waals surface area contributed by atoms with Crippen LogP contribution < -0.4 is 0 Å². The normalized spacial score (nSPS) is 54.4. The number of fused-ring (bicyclic) bond motifs is 7. The van der Waals surface area contributed by atoms with Crippen molar-refractivity contribution in [2.75, 3.05) is 13.2 Å². The summed E-state index contributed by atoms with van der Waals surface area (Å²) in [6.45, 7) is 8.83. The van der Waals surface area contributed by atoms with Crippen LogP contribution >= 0.6 is 0 Å². The van der Waals surface area contributed by atoms with Crippen molar-refractivity contribution >= 4 is 0 Å². The molecule has 0 bridgehead atoms. The van der Waals surface area contributed by atoms with Crippen molar-refractivity contribution in [3.63, 3.8) is 0 Å². The predicted octanol–water partition coefficient (Wildman–Crippen LogP) is 2.49. The Labute approximate surface area is 250 Å². The standard InChI is InChI=1S/C33H54O9/c1-17(16-40-30-29(38)28(37)27(36)25(15-34)41-30)7-12-33(39)18(2)26-24(42-33)14-23-21-6-5-19-13-20(35)8-10-31(19,3)22(21)9-11-32(23,26)4/h5,17-18,20-30,34-39H,6-16H2,1-4H3/t17-,18+,20+,21+,22+,23+,24+,25-,26+,27-,28+,29-,30-,31+,32+,33-/m1/s1. The van der Waals surface area contributed by atoms with E-state index >= 15 is 0 Å². The molecule has 0 radical (unpaired) electrons. The highest BCUT2D eigenvalue weighted by Crippen LogP contribution is 2.70. The van der Waals surface area contributed by atoms with Crippen molar-refractivity contribution in [1.29, 1.82) is 0 Å².